The Morgan fingerprint density at radius 1 is 1.27 bits per heavy atom. The van der Waals surface area contributed by atoms with Crippen LogP contribution in [-0.2, 0) is 11.3 Å². The smallest absolute Gasteiger partial charge is 0.0717 e. The highest BCUT2D eigenvalue weighted by Crippen LogP contribution is 2.18. The van der Waals surface area contributed by atoms with Gasteiger partial charge in [0.25, 0.3) is 0 Å². The van der Waals surface area contributed by atoms with Crippen molar-refractivity contribution < 1.29 is 9.84 Å². The van der Waals surface area contributed by atoms with Gasteiger partial charge in [-0.25, -0.2) is 0 Å². The Kier molecular flexibility index (Phi) is 3.54. The summed E-state index contributed by atoms with van der Waals surface area (Å²) in [5, 5.41) is 9.54. The van der Waals surface area contributed by atoms with Gasteiger partial charge in [0, 0.05) is 5.92 Å². The molecule has 15 heavy (non-hydrogen) atoms. The molecule has 0 bridgehead atoms. The molecule has 0 heterocycles. The van der Waals surface area contributed by atoms with E-state index in [1.54, 1.807) is 0 Å². The maximum atomic E-state index is 9.54. The molecule has 2 rings (SSSR count). The van der Waals surface area contributed by atoms with Crippen molar-refractivity contribution in [2.24, 2.45) is 5.92 Å². The van der Waals surface area contributed by atoms with Crippen LogP contribution in [0, 0.1) is 5.92 Å². The van der Waals surface area contributed by atoms with Crippen LogP contribution in [0.4, 0.5) is 0 Å². The summed E-state index contributed by atoms with van der Waals surface area (Å²) in [7, 11) is 0. The number of aliphatic hydroxyl groups is 1. The molecule has 1 N–H and O–H groups in total. The van der Waals surface area contributed by atoms with Gasteiger partial charge in [-0.2, -0.15) is 0 Å². The van der Waals surface area contributed by atoms with Crippen LogP contribution in [0.25, 0.3) is 0 Å². The largest absolute Gasteiger partial charge is 0.392 e. The number of hydrogen-bond donors (Lipinski definition) is 1. The predicted octanol–water partition coefficient (Wildman–Crippen LogP) is 2.14. The Morgan fingerprint density at radius 2 is 2.07 bits per heavy atom. The average molecular weight is 204 g/mol. The van der Waals surface area contributed by atoms with Crippen LogP contribution >= 0.6 is 0 Å². The van der Waals surface area contributed by atoms with Crippen molar-refractivity contribution in [2.45, 2.75) is 19.1 Å². The zero-order chi connectivity index (χ0) is 10.5. The van der Waals surface area contributed by atoms with Gasteiger partial charge >= 0.3 is 0 Å². The third kappa shape index (κ3) is 2.91. The summed E-state index contributed by atoms with van der Waals surface area (Å²) < 4.78 is 5.56. The van der Waals surface area contributed by atoms with E-state index in [1.165, 1.54) is 5.56 Å². The van der Waals surface area contributed by atoms with Crippen molar-refractivity contribution >= 4 is 0 Å². The molecule has 1 aromatic rings. The zero-order valence-corrected chi connectivity index (χ0v) is 8.67. The molecule has 0 radical (unpaired) electrons. The van der Waals surface area contributed by atoms with E-state index in [0.717, 1.165) is 6.42 Å². The minimum Gasteiger partial charge on any atom is -0.392 e. The van der Waals surface area contributed by atoms with Gasteiger partial charge in [-0.1, -0.05) is 42.5 Å². The first kappa shape index (κ1) is 10.4. The van der Waals surface area contributed by atoms with Crippen molar-refractivity contribution in [3.05, 3.63) is 48.0 Å². The van der Waals surface area contributed by atoms with Gasteiger partial charge < -0.3 is 9.84 Å². The van der Waals surface area contributed by atoms with Crippen molar-refractivity contribution in [3.63, 3.8) is 0 Å². The fourth-order valence-corrected chi connectivity index (χ4v) is 1.75. The van der Waals surface area contributed by atoms with Crippen LogP contribution in [0.1, 0.15) is 12.0 Å². The maximum Gasteiger partial charge on any atom is 0.0717 e. The Hall–Kier alpha value is -1.12. The van der Waals surface area contributed by atoms with Gasteiger partial charge in [-0.05, 0) is 12.0 Å². The molecule has 1 aliphatic carbocycles. The summed E-state index contributed by atoms with van der Waals surface area (Å²) in [6.45, 7) is 1.23. The van der Waals surface area contributed by atoms with Crippen LogP contribution in [0.5, 0.6) is 0 Å². The molecule has 0 spiro atoms. The lowest BCUT2D eigenvalue weighted by Gasteiger charge is -2.13. The Balaban J connectivity index is 1.73. The third-order valence-electron chi connectivity index (χ3n) is 2.68. The van der Waals surface area contributed by atoms with E-state index in [9.17, 15) is 5.11 Å². The molecule has 1 aromatic carbocycles. The number of benzene rings is 1. The van der Waals surface area contributed by atoms with E-state index in [-0.39, 0.29) is 12.0 Å². The fourth-order valence-electron chi connectivity index (χ4n) is 1.75. The minimum atomic E-state index is -0.249. The Bertz CT molecular complexity index is 319. The van der Waals surface area contributed by atoms with Gasteiger partial charge in [0.2, 0.25) is 0 Å². The molecule has 0 saturated carbocycles. The van der Waals surface area contributed by atoms with Crippen molar-refractivity contribution in [1.29, 1.82) is 0 Å². The van der Waals surface area contributed by atoms with Gasteiger partial charge in [-0.15, -0.1) is 0 Å². The second-order valence-corrected chi connectivity index (χ2v) is 3.90. The molecular weight excluding hydrogens is 188 g/mol. The fraction of sp³-hybridized carbons (Fsp3) is 0.385. The van der Waals surface area contributed by atoms with Gasteiger partial charge in [0.1, 0.15) is 0 Å². The van der Waals surface area contributed by atoms with Crippen molar-refractivity contribution in [2.75, 3.05) is 6.61 Å². The summed E-state index contributed by atoms with van der Waals surface area (Å²) in [4.78, 5) is 0. The van der Waals surface area contributed by atoms with Crippen LogP contribution in [0.3, 0.4) is 0 Å². The molecule has 1 aliphatic rings. The SMILES string of the molecule is O[C@H]1CC=C[C@@H]1COCc1ccccc1. The normalized spacial score (nSPS) is 24.6. The number of ether oxygens (including phenoxy) is 1. The minimum absolute atomic E-state index is 0.175. The molecule has 0 saturated heterocycles. The van der Waals surface area contributed by atoms with Gasteiger partial charge in [0.05, 0.1) is 19.3 Å². The van der Waals surface area contributed by atoms with Crippen LogP contribution in [-0.4, -0.2) is 17.8 Å². The second-order valence-electron chi connectivity index (χ2n) is 3.90. The standard InChI is InChI=1S/C13H16O2/c14-13-8-4-7-12(13)10-15-9-11-5-2-1-3-6-11/h1-7,12-14H,8-10H2/t12-,13+/m1/s1. The summed E-state index contributed by atoms with van der Waals surface area (Å²) in [6.07, 6.45) is 4.57. The molecule has 2 nitrogen and oxygen atoms in total. The van der Waals surface area contributed by atoms with Crippen LogP contribution in [0.2, 0.25) is 0 Å². The van der Waals surface area contributed by atoms with E-state index >= 15 is 0 Å². The van der Waals surface area contributed by atoms with E-state index in [1.807, 2.05) is 42.5 Å². The van der Waals surface area contributed by atoms with Gasteiger partial charge in [0.15, 0.2) is 0 Å². The van der Waals surface area contributed by atoms with E-state index in [2.05, 4.69) is 0 Å². The highest BCUT2D eigenvalue weighted by molar-refractivity contribution is 5.13. The highest BCUT2D eigenvalue weighted by atomic mass is 16.5. The molecule has 2 heteroatoms. The zero-order valence-electron chi connectivity index (χ0n) is 8.67. The molecule has 80 valence electrons. The monoisotopic (exact) mass is 204 g/mol. The number of aliphatic hydroxyl groups excluding tert-OH is 1. The van der Waals surface area contributed by atoms with Crippen LogP contribution in [0.15, 0.2) is 42.5 Å². The van der Waals surface area contributed by atoms with E-state index < -0.39 is 0 Å². The first-order valence-corrected chi connectivity index (χ1v) is 5.32. The molecule has 0 aliphatic heterocycles. The van der Waals surface area contributed by atoms with Crippen molar-refractivity contribution in [3.8, 4) is 0 Å². The molecular formula is C13H16O2. The second kappa shape index (κ2) is 5.10. The lowest BCUT2D eigenvalue weighted by molar-refractivity contribution is 0.0479. The summed E-state index contributed by atoms with van der Waals surface area (Å²) in [6, 6.07) is 10.1. The summed E-state index contributed by atoms with van der Waals surface area (Å²) in [5.74, 6) is 0.175. The van der Waals surface area contributed by atoms with E-state index in [4.69, 9.17) is 4.74 Å². The molecule has 0 fully saturated rings. The molecule has 2 atom stereocenters. The average Bonchev–Trinajstić information content (AvgIpc) is 2.66. The summed E-state index contributed by atoms with van der Waals surface area (Å²) >= 11 is 0. The molecule has 0 unspecified atom stereocenters. The van der Waals surface area contributed by atoms with E-state index in [0.29, 0.717) is 13.2 Å². The Morgan fingerprint density at radius 3 is 2.73 bits per heavy atom. The van der Waals surface area contributed by atoms with Crippen LogP contribution < -0.4 is 0 Å². The maximum absolute atomic E-state index is 9.54. The molecule has 0 amide bonds. The first-order chi connectivity index (χ1) is 7.36. The predicted molar refractivity (Wildman–Crippen MR) is 59.4 cm³/mol. The Labute approximate surface area is 90.2 Å². The molecule has 0 aromatic heterocycles. The third-order valence-corrected chi connectivity index (χ3v) is 2.68. The first-order valence-electron chi connectivity index (χ1n) is 5.32. The highest BCUT2D eigenvalue weighted by Gasteiger charge is 2.19. The number of rotatable bonds is 4. The number of hydrogen-bond acceptors (Lipinski definition) is 2. The van der Waals surface area contributed by atoms with Crippen molar-refractivity contribution in [1.82, 2.24) is 0 Å². The summed E-state index contributed by atoms with van der Waals surface area (Å²) in [5.41, 5.74) is 1.17. The van der Waals surface area contributed by atoms with Gasteiger partial charge in [-0.3, -0.25) is 0 Å². The quantitative estimate of drug-likeness (QED) is 0.761. The lowest BCUT2D eigenvalue weighted by atomic mass is 10.1. The topological polar surface area (TPSA) is 29.5 Å². The lowest BCUT2D eigenvalue weighted by Crippen LogP contribution is -2.18.